The molecular formula is C17H16N2O. The predicted octanol–water partition coefficient (Wildman–Crippen LogP) is 3.80. The Hall–Kier alpha value is -2.29. The first-order valence-corrected chi connectivity index (χ1v) is 6.92. The summed E-state index contributed by atoms with van der Waals surface area (Å²) in [6, 6.07) is 14.1. The van der Waals surface area contributed by atoms with Crippen LogP contribution in [0.4, 0.5) is 5.69 Å². The quantitative estimate of drug-likeness (QED) is 0.716. The molecule has 0 saturated heterocycles. The van der Waals surface area contributed by atoms with E-state index >= 15 is 0 Å². The van der Waals surface area contributed by atoms with Crippen molar-refractivity contribution in [2.24, 2.45) is 0 Å². The molecule has 3 aromatic rings. The van der Waals surface area contributed by atoms with E-state index in [9.17, 15) is 0 Å². The molecule has 0 bridgehead atoms. The summed E-state index contributed by atoms with van der Waals surface area (Å²) < 4.78 is 6.02. The topological polar surface area (TPSA) is 52.0 Å². The standard InChI is InChI=1S/C17H16N2O/c1-11-3-2-4-14-15(11)19-16(20-14)17(9-10-17)12-5-7-13(18)8-6-12/h2-8H,9-10,18H2,1H3. The molecule has 0 spiro atoms. The van der Waals surface area contributed by atoms with Crippen LogP contribution in [-0.4, -0.2) is 4.98 Å². The van der Waals surface area contributed by atoms with Gasteiger partial charge in [-0.1, -0.05) is 24.3 Å². The highest BCUT2D eigenvalue weighted by molar-refractivity contribution is 5.76. The summed E-state index contributed by atoms with van der Waals surface area (Å²) in [5, 5.41) is 0. The molecule has 1 aliphatic rings. The van der Waals surface area contributed by atoms with Gasteiger partial charge in [0.1, 0.15) is 5.52 Å². The van der Waals surface area contributed by atoms with Crippen molar-refractivity contribution in [3.8, 4) is 0 Å². The molecule has 100 valence electrons. The molecule has 1 heterocycles. The molecule has 3 nitrogen and oxygen atoms in total. The lowest BCUT2D eigenvalue weighted by Gasteiger charge is -2.11. The molecule has 3 heteroatoms. The first-order valence-electron chi connectivity index (χ1n) is 6.92. The Kier molecular flexibility index (Phi) is 2.22. The summed E-state index contributed by atoms with van der Waals surface area (Å²) in [5.41, 5.74) is 10.8. The third kappa shape index (κ3) is 1.56. The molecule has 20 heavy (non-hydrogen) atoms. The second-order valence-corrected chi connectivity index (χ2v) is 5.64. The molecule has 1 fully saturated rings. The normalized spacial score (nSPS) is 16.4. The van der Waals surface area contributed by atoms with Gasteiger partial charge in [0.05, 0.1) is 5.41 Å². The summed E-state index contributed by atoms with van der Waals surface area (Å²) in [7, 11) is 0. The van der Waals surface area contributed by atoms with Crippen LogP contribution in [0, 0.1) is 6.92 Å². The SMILES string of the molecule is Cc1cccc2oc(C3(c4ccc(N)cc4)CC3)nc12. The zero-order valence-corrected chi connectivity index (χ0v) is 11.4. The van der Waals surface area contributed by atoms with Crippen LogP contribution in [0.15, 0.2) is 46.9 Å². The van der Waals surface area contributed by atoms with Gasteiger partial charge in [-0.05, 0) is 49.1 Å². The average Bonchev–Trinajstić information content (AvgIpc) is 3.13. The van der Waals surface area contributed by atoms with Gasteiger partial charge in [-0.2, -0.15) is 0 Å². The van der Waals surface area contributed by atoms with Crippen molar-refractivity contribution in [1.29, 1.82) is 0 Å². The van der Waals surface area contributed by atoms with Crippen molar-refractivity contribution in [1.82, 2.24) is 4.98 Å². The predicted molar refractivity (Wildman–Crippen MR) is 79.6 cm³/mol. The highest BCUT2D eigenvalue weighted by Crippen LogP contribution is 2.53. The van der Waals surface area contributed by atoms with E-state index in [1.54, 1.807) is 0 Å². The number of aryl methyl sites for hydroxylation is 1. The monoisotopic (exact) mass is 264 g/mol. The smallest absolute Gasteiger partial charge is 0.206 e. The average molecular weight is 264 g/mol. The van der Waals surface area contributed by atoms with Gasteiger partial charge in [-0.3, -0.25) is 0 Å². The van der Waals surface area contributed by atoms with E-state index < -0.39 is 0 Å². The molecule has 0 radical (unpaired) electrons. The third-order valence-electron chi connectivity index (χ3n) is 4.24. The number of para-hydroxylation sites is 1. The van der Waals surface area contributed by atoms with Crippen molar-refractivity contribution in [3.63, 3.8) is 0 Å². The fourth-order valence-electron chi connectivity index (χ4n) is 2.84. The Balaban J connectivity index is 1.86. The highest BCUT2D eigenvalue weighted by atomic mass is 16.3. The molecular weight excluding hydrogens is 248 g/mol. The van der Waals surface area contributed by atoms with Crippen molar-refractivity contribution in [2.45, 2.75) is 25.2 Å². The van der Waals surface area contributed by atoms with Crippen LogP contribution in [0.2, 0.25) is 0 Å². The van der Waals surface area contributed by atoms with Gasteiger partial charge in [0, 0.05) is 5.69 Å². The summed E-state index contributed by atoms with van der Waals surface area (Å²) in [6.45, 7) is 2.07. The first kappa shape index (κ1) is 11.5. The van der Waals surface area contributed by atoms with Crippen LogP contribution < -0.4 is 5.73 Å². The number of hydrogen-bond donors (Lipinski definition) is 1. The van der Waals surface area contributed by atoms with E-state index in [0.717, 1.165) is 41.1 Å². The van der Waals surface area contributed by atoms with Crippen LogP contribution in [0.5, 0.6) is 0 Å². The largest absolute Gasteiger partial charge is 0.440 e. The Morgan fingerprint density at radius 3 is 2.50 bits per heavy atom. The van der Waals surface area contributed by atoms with Gasteiger partial charge in [0.15, 0.2) is 5.58 Å². The fraction of sp³-hybridized carbons (Fsp3) is 0.235. The minimum atomic E-state index is -0.0425. The Bertz CT molecular complexity index is 782. The van der Waals surface area contributed by atoms with E-state index in [1.807, 2.05) is 24.3 Å². The molecule has 1 saturated carbocycles. The lowest BCUT2D eigenvalue weighted by Crippen LogP contribution is -2.09. The number of aromatic nitrogens is 1. The number of oxazole rings is 1. The maximum absolute atomic E-state index is 6.02. The zero-order chi connectivity index (χ0) is 13.7. The van der Waals surface area contributed by atoms with E-state index in [0.29, 0.717) is 0 Å². The highest BCUT2D eigenvalue weighted by Gasteiger charge is 2.50. The van der Waals surface area contributed by atoms with Crippen LogP contribution in [0.3, 0.4) is 0 Å². The molecule has 0 unspecified atom stereocenters. The van der Waals surface area contributed by atoms with Crippen molar-refractivity contribution in [3.05, 3.63) is 59.5 Å². The van der Waals surface area contributed by atoms with E-state index in [1.165, 1.54) is 5.56 Å². The summed E-state index contributed by atoms with van der Waals surface area (Å²) >= 11 is 0. The van der Waals surface area contributed by atoms with Gasteiger partial charge < -0.3 is 10.2 Å². The number of benzene rings is 2. The molecule has 0 aliphatic heterocycles. The van der Waals surface area contributed by atoms with Crippen LogP contribution in [-0.2, 0) is 5.41 Å². The fourth-order valence-corrected chi connectivity index (χ4v) is 2.84. The minimum absolute atomic E-state index is 0.0425. The molecule has 1 aliphatic carbocycles. The number of anilines is 1. The van der Waals surface area contributed by atoms with E-state index in [-0.39, 0.29) is 5.41 Å². The molecule has 4 rings (SSSR count). The summed E-state index contributed by atoms with van der Waals surface area (Å²) in [6.07, 6.45) is 2.17. The number of nitrogens with zero attached hydrogens (tertiary/aromatic N) is 1. The zero-order valence-electron chi connectivity index (χ0n) is 11.4. The number of hydrogen-bond acceptors (Lipinski definition) is 3. The van der Waals surface area contributed by atoms with Gasteiger partial charge in [0.2, 0.25) is 5.89 Å². The van der Waals surface area contributed by atoms with Crippen LogP contribution in [0.25, 0.3) is 11.1 Å². The molecule has 0 atom stereocenters. The lowest BCUT2D eigenvalue weighted by atomic mass is 9.96. The molecule has 1 aromatic heterocycles. The number of nitrogen functional groups attached to an aromatic ring is 1. The van der Waals surface area contributed by atoms with E-state index in [2.05, 4.69) is 25.1 Å². The van der Waals surface area contributed by atoms with Gasteiger partial charge >= 0.3 is 0 Å². The second-order valence-electron chi connectivity index (χ2n) is 5.64. The van der Waals surface area contributed by atoms with Crippen LogP contribution >= 0.6 is 0 Å². The summed E-state index contributed by atoms with van der Waals surface area (Å²) in [4.78, 5) is 4.75. The number of fused-ring (bicyclic) bond motifs is 1. The second kappa shape index (κ2) is 3.85. The molecule has 2 aromatic carbocycles. The number of rotatable bonds is 2. The Labute approximate surface area is 117 Å². The lowest BCUT2D eigenvalue weighted by molar-refractivity contribution is 0.492. The minimum Gasteiger partial charge on any atom is -0.440 e. The third-order valence-corrected chi connectivity index (χ3v) is 4.24. The van der Waals surface area contributed by atoms with Gasteiger partial charge in [0.25, 0.3) is 0 Å². The van der Waals surface area contributed by atoms with Crippen molar-refractivity contribution < 1.29 is 4.42 Å². The molecule has 0 amide bonds. The first-order chi connectivity index (χ1) is 9.69. The Morgan fingerprint density at radius 1 is 1.10 bits per heavy atom. The van der Waals surface area contributed by atoms with Crippen LogP contribution in [0.1, 0.15) is 29.9 Å². The maximum Gasteiger partial charge on any atom is 0.206 e. The molecule has 2 N–H and O–H groups in total. The van der Waals surface area contributed by atoms with Crippen molar-refractivity contribution >= 4 is 16.8 Å². The summed E-state index contributed by atoms with van der Waals surface area (Å²) in [5.74, 6) is 0.839. The van der Waals surface area contributed by atoms with Gasteiger partial charge in [-0.25, -0.2) is 4.98 Å². The van der Waals surface area contributed by atoms with Crippen molar-refractivity contribution in [2.75, 3.05) is 5.73 Å². The number of nitrogens with two attached hydrogens (primary N) is 1. The van der Waals surface area contributed by atoms with Gasteiger partial charge in [-0.15, -0.1) is 0 Å². The Morgan fingerprint density at radius 2 is 1.85 bits per heavy atom. The maximum atomic E-state index is 6.02. The van der Waals surface area contributed by atoms with E-state index in [4.69, 9.17) is 15.1 Å².